The minimum atomic E-state index is -0.311. The third-order valence-electron chi connectivity index (χ3n) is 6.43. The van der Waals surface area contributed by atoms with Gasteiger partial charge in [-0.3, -0.25) is 13.9 Å². The van der Waals surface area contributed by atoms with E-state index in [1.54, 1.807) is 11.7 Å². The second-order valence-corrected chi connectivity index (χ2v) is 8.54. The molecule has 3 heterocycles. The molecule has 32 heavy (non-hydrogen) atoms. The Morgan fingerprint density at radius 2 is 1.84 bits per heavy atom. The maximum Gasteiger partial charge on any atom is 0.331 e. The molecule has 2 aromatic carbocycles. The predicted octanol–water partition coefficient (Wildman–Crippen LogP) is 3.20. The molecular formula is C25H27N3O4. The van der Waals surface area contributed by atoms with Crippen molar-refractivity contribution >= 4 is 21.9 Å². The summed E-state index contributed by atoms with van der Waals surface area (Å²) in [4.78, 5) is 27.3. The van der Waals surface area contributed by atoms with Gasteiger partial charge in [-0.05, 0) is 43.5 Å². The van der Waals surface area contributed by atoms with E-state index >= 15 is 0 Å². The summed E-state index contributed by atoms with van der Waals surface area (Å²) in [5, 5.41) is 0.826. The summed E-state index contributed by atoms with van der Waals surface area (Å²) in [6, 6.07) is 13.8. The molecule has 0 radical (unpaired) electrons. The topological polar surface area (TPSA) is 67.4 Å². The van der Waals surface area contributed by atoms with Gasteiger partial charge in [-0.25, -0.2) is 4.79 Å². The molecule has 1 saturated heterocycles. The van der Waals surface area contributed by atoms with Crippen molar-refractivity contribution < 1.29 is 9.47 Å². The summed E-state index contributed by atoms with van der Waals surface area (Å²) in [5.74, 6) is 0.683. The number of methoxy groups -OCH3 is 1. The number of aromatic nitrogens is 3. The number of fused-ring (bicyclic) bond motifs is 3. The lowest BCUT2D eigenvalue weighted by Crippen LogP contribution is -2.42. The smallest absolute Gasteiger partial charge is 0.331 e. The first kappa shape index (κ1) is 20.6. The molecule has 0 N–H and O–H groups in total. The molecule has 5 rings (SSSR count). The summed E-state index contributed by atoms with van der Waals surface area (Å²) in [5.41, 5.74) is 3.60. The summed E-state index contributed by atoms with van der Waals surface area (Å²) < 4.78 is 16.1. The largest absolute Gasteiger partial charge is 0.497 e. The average molecular weight is 434 g/mol. The quantitative estimate of drug-likeness (QED) is 0.485. The van der Waals surface area contributed by atoms with E-state index in [1.807, 2.05) is 61.0 Å². The van der Waals surface area contributed by atoms with Crippen LogP contribution in [0.1, 0.15) is 24.0 Å². The van der Waals surface area contributed by atoms with Crippen LogP contribution in [0.2, 0.25) is 0 Å². The van der Waals surface area contributed by atoms with E-state index < -0.39 is 0 Å². The molecule has 0 spiro atoms. The Kier molecular flexibility index (Phi) is 5.13. The fourth-order valence-corrected chi connectivity index (χ4v) is 4.68. The highest BCUT2D eigenvalue weighted by atomic mass is 16.5. The Bertz CT molecular complexity index is 1420. The van der Waals surface area contributed by atoms with Crippen LogP contribution in [0.4, 0.5) is 0 Å². The van der Waals surface area contributed by atoms with Crippen LogP contribution in [0.5, 0.6) is 5.75 Å². The fraction of sp³-hybridized carbons (Fsp3) is 0.360. The second-order valence-electron chi connectivity index (χ2n) is 8.54. The molecule has 1 fully saturated rings. The molecular weight excluding hydrogens is 406 g/mol. The van der Waals surface area contributed by atoms with Crippen molar-refractivity contribution in [2.24, 2.45) is 7.05 Å². The lowest BCUT2D eigenvalue weighted by molar-refractivity contribution is 0.0948. The first-order valence-electron chi connectivity index (χ1n) is 10.9. The molecule has 0 saturated carbocycles. The number of nitrogens with zero attached hydrogens (tertiary/aromatic N) is 3. The predicted molar refractivity (Wildman–Crippen MR) is 125 cm³/mol. The van der Waals surface area contributed by atoms with Gasteiger partial charge in [0.2, 0.25) is 0 Å². The zero-order valence-corrected chi connectivity index (χ0v) is 18.6. The summed E-state index contributed by atoms with van der Waals surface area (Å²) in [7, 11) is 3.48. The van der Waals surface area contributed by atoms with Gasteiger partial charge in [0.1, 0.15) is 11.3 Å². The first-order valence-corrected chi connectivity index (χ1v) is 10.9. The Labute approximate surface area is 185 Å². The Morgan fingerprint density at radius 3 is 2.53 bits per heavy atom. The second kappa shape index (κ2) is 7.98. The Morgan fingerprint density at radius 1 is 1.06 bits per heavy atom. The molecule has 0 amide bonds. The van der Waals surface area contributed by atoms with Crippen LogP contribution >= 0.6 is 0 Å². The molecule has 166 valence electrons. The lowest BCUT2D eigenvalue weighted by Gasteiger charge is -2.16. The van der Waals surface area contributed by atoms with Gasteiger partial charge in [0.25, 0.3) is 5.56 Å². The number of hydrogen-bond acceptors (Lipinski definition) is 4. The summed E-state index contributed by atoms with van der Waals surface area (Å²) in [6.07, 6.45) is 1.70. The van der Waals surface area contributed by atoms with Crippen molar-refractivity contribution in [3.63, 3.8) is 0 Å². The van der Waals surface area contributed by atoms with Crippen molar-refractivity contribution in [3.05, 3.63) is 74.4 Å². The van der Waals surface area contributed by atoms with E-state index in [0.29, 0.717) is 29.9 Å². The SMILES string of the molecule is COc1ccc2c(c1)c1c(c(=O)n(CC3CCCO3)c(=O)n1Cc1ccc(C)cc1)n2C. The van der Waals surface area contributed by atoms with Crippen molar-refractivity contribution in [1.82, 2.24) is 13.7 Å². The molecule has 1 unspecified atom stereocenters. The summed E-state index contributed by atoms with van der Waals surface area (Å²) >= 11 is 0. The van der Waals surface area contributed by atoms with Crippen molar-refractivity contribution in [3.8, 4) is 5.75 Å². The number of hydrogen-bond donors (Lipinski definition) is 0. The van der Waals surface area contributed by atoms with Gasteiger partial charge >= 0.3 is 5.69 Å². The van der Waals surface area contributed by atoms with Gasteiger partial charge in [-0.1, -0.05) is 29.8 Å². The summed E-state index contributed by atoms with van der Waals surface area (Å²) in [6.45, 7) is 3.35. The van der Waals surface area contributed by atoms with E-state index in [2.05, 4.69) is 0 Å². The van der Waals surface area contributed by atoms with Crippen molar-refractivity contribution in [2.75, 3.05) is 13.7 Å². The van der Waals surface area contributed by atoms with E-state index in [0.717, 1.165) is 34.9 Å². The van der Waals surface area contributed by atoms with E-state index in [9.17, 15) is 9.59 Å². The molecule has 7 heteroatoms. The zero-order valence-electron chi connectivity index (χ0n) is 18.6. The maximum absolute atomic E-state index is 13.7. The average Bonchev–Trinajstić information content (AvgIpc) is 3.41. The van der Waals surface area contributed by atoms with Gasteiger partial charge in [-0.15, -0.1) is 0 Å². The number of rotatable bonds is 5. The van der Waals surface area contributed by atoms with Crippen LogP contribution < -0.4 is 16.0 Å². The highest BCUT2D eigenvalue weighted by Crippen LogP contribution is 2.29. The molecule has 1 aliphatic heterocycles. The standard InChI is InChI=1S/C25H27N3O4/c1-16-6-8-17(9-7-16)14-27-22-20-13-18(31-3)10-11-21(20)26(2)23(22)24(29)28(25(27)30)15-19-5-4-12-32-19/h6-11,13,19H,4-5,12,14-15H2,1-3H3. The van der Waals surface area contributed by atoms with Crippen LogP contribution in [0.25, 0.3) is 21.9 Å². The van der Waals surface area contributed by atoms with Gasteiger partial charge in [0, 0.05) is 19.0 Å². The third-order valence-corrected chi connectivity index (χ3v) is 6.43. The fourth-order valence-electron chi connectivity index (χ4n) is 4.68. The van der Waals surface area contributed by atoms with Crippen LogP contribution in [0.3, 0.4) is 0 Å². The minimum absolute atomic E-state index is 0.111. The molecule has 0 aliphatic carbocycles. The van der Waals surface area contributed by atoms with Crippen molar-refractivity contribution in [2.45, 2.75) is 39.0 Å². The number of ether oxygens (including phenoxy) is 2. The molecule has 0 bridgehead atoms. The highest BCUT2D eigenvalue weighted by molar-refractivity contribution is 6.06. The lowest BCUT2D eigenvalue weighted by atomic mass is 10.1. The number of aryl methyl sites for hydroxylation is 2. The van der Waals surface area contributed by atoms with Gasteiger partial charge < -0.3 is 14.0 Å². The molecule has 7 nitrogen and oxygen atoms in total. The maximum atomic E-state index is 13.7. The van der Waals surface area contributed by atoms with Crippen LogP contribution in [-0.2, 0) is 24.9 Å². The van der Waals surface area contributed by atoms with E-state index in [-0.39, 0.29) is 23.9 Å². The van der Waals surface area contributed by atoms with Gasteiger partial charge in [-0.2, -0.15) is 0 Å². The normalized spacial score (nSPS) is 16.3. The zero-order chi connectivity index (χ0) is 22.4. The first-order chi connectivity index (χ1) is 15.5. The van der Waals surface area contributed by atoms with Crippen LogP contribution in [0.15, 0.2) is 52.1 Å². The van der Waals surface area contributed by atoms with E-state index in [1.165, 1.54) is 4.57 Å². The highest BCUT2D eigenvalue weighted by Gasteiger charge is 2.24. The Hall–Kier alpha value is -3.32. The van der Waals surface area contributed by atoms with Crippen LogP contribution in [-0.4, -0.2) is 33.5 Å². The van der Waals surface area contributed by atoms with E-state index in [4.69, 9.17) is 9.47 Å². The molecule has 2 aromatic heterocycles. The van der Waals surface area contributed by atoms with Crippen molar-refractivity contribution in [1.29, 1.82) is 0 Å². The minimum Gasteiger partial charge on any atom is -0.497 e. The molecule has 1 aliphatic rings. The monoisotopic (exact) mass is 433 g/mol. The van der Waals surface area contributed by atoms with Gasteiger partial charge in [0.05, 0.1) is 37.3 Å². The molecule has 1 atom stereocenters. The van der Waals surface area contributed by atoms with Gasteiger partial charge in [0.15, 0.2) is 0 Å². The van der Waals surface area contributed by atoms with Crippen LogP contribution in [0, 0.1) is 6.92 Å². The number of benzene rings is 2. The third kappa shape index (κ3) is 3.33. The Balaban J connectivity index is 1.82. The molecule has 4 aromatic rings.